The van der Waals surface area contributed by atoms with Gasteiger partial charge >= 0.3 is 5.97 Å². The summed E-state index contributed by atoms with van der Waals surface area (Å²) in [7, 11) is 0. The van der Waals surface area contributed by atoms with Gasteiger partial charge in [-0.1, -0.05) is 29.3 Å². The van der Waals surface area contributed by atoms with Crippen LogP contribution < -0.4 is 5.32 Å². The number of halogens is 2. The molecule has 0 aliphatic carbocycles. The summed E-state index contributed by atoms with van der Waals surface area (Å²) in [6.07, 6.45) is 3.12. The zero-order valence-electron chi connectivity index (χ0n) is 10.3. The number of nitrogens with one attached hydrogen (secondary N) is 1. The molecule has 0 aliphatic rings. The van der Waals surface area contributed by atoms with Crippen LogP contribution in [0.3, 0.4) is 0 Å². The molecule has 0 saturated heterocycles. The third kappa shape index (κ3) is 4.89. The molecule has 1 aromatic rings. The highest BCUT2D eigenvalue weighted by molar-refractivity contribution is 6.36. The van der Waals surface area contributed by atoms with E-state index in [1.807, 2.05) is 0 Å². The summed E-state index contributed by atoms with van der Waals surface area (Å²) in [5.74, 6) is -0.972. The molecule has 0 spiro atoms. The monoisotopic (exact) mass is 302 g/mol. The van der Waals surface area contributed by atoms with Crippen molar-refractivity contribution in [2.75, 3.05) is 5.32 Å². The number of ether oxygens (including phenoxy) is 1. The highest BCUT2D eigenvalue weighted by atomic mass is 35.5. The first-order valence-electron chi connectivity index (χ1n) is 5.39. The fraction of sp³-hybridized carbons (Fsp3) is 0.250. The predicted octanol–water partition coefficient (Wildman–Crippen LogP) is 2.83. The Morgan fingerprint density at radius 1 is 1.47 bits per heavy atom. The van der Waals surface area contributed by atoms with Crippen LogP contribution in [0, 0.1) is 0 Å². The van der Waals surface area contributed by atoms with E-state index in [9.17, 15) is 9.59 Å². The first kappa shape index (κ1) is 15.5. The van der Waals surface area contributed by atoms with Crippen LogP contribution in [0.5, 0.6) is 0 Å². The van der Waals surface area contributed by atoms with Crippen molar-refractivity contribution in [1.29, 1.82) is 0 Å². The quantitative estimate of drug-likeness (QED) is 0.686. The smallest absolute Gasteiger partial charge is 0.331 e. The van der Waals surface area contributed by atoms with E-state index < -0.39 is 18.0 Å². The number of hydrogen-bond acceptors (Lipinski definition) is 4. The molecule has 0 unspecified atom stereocenters. The first-order chi connectivity index (χ1) is 8.93. The average molecular weight is 303 g/mol. The number of esters is 1. The van der Waals surface area contributed by atoms with Crippen molar-refractivity contribution in [2.45, 2.75) is 20.0 Å². The zero-order valence-corrected chi connectivity index (χ0v) is 11.8. The number of carbonyl (C=O) groups excluding carboxylic acids is 2. The Hall–Kier alpha value is -1.59. The molecular weight excluding hydrogens is 291 g/mol. The molecule has 1 aromatic heterocycles. The van der Waals surface area contributed by atoms with Crippen LogP contribution in [0.25, 0.3) is 0 Å². The van der Waals surface area contributed by atoms with E-state index in [4.69, 9.17) is 27.9 Å². The van der Waals surface area contributed by atoms with Crippen molar-refractivity contribution in [2.24, 2.45) is 0 Å². The van der Waals surface area contributed by atoms with E-state index in [0.29, 0.717) is 5.02 Å². The number of nitrogens with zero attached hydrogens (tertiary/aromatic N) is 1. The van der Waals surface area contributed by atoms with Gasteiger partial charge in [0, 0.05) is 12.3 Å². The minimum atomic E-state index is -0.961. The minimum Gasteiger partial charge on any atom is -0.449 e. The van der Waals surface area contributed by atoms with Crippen molar-refractivity contribution >= 4 is 40.9 Å². The van der Waals surface area contributed by atoms with Gasteiger partial charge in [-0.05, 0) is 19.9 Å². The highest BCUT2D eigenvalue weighted by Gasteiger charge is 2.18. The predicted molar refractivity (Wildman–Crippen MR) is 73.3 cm³/mol. The van der Waals surface area contributed by atoms with Gasteiger partial charge in [0.25, 0.3) is 5.91 Å². The molecule has 19 heavy (non-hydrogen) atoms. The molecule has 7 heteroatoms. The second-order valence-electron chi connectivity index (χ2n) is 3.55. The molecule has 0 saturated carbocycles. The molecule has 0 bridgehead atoms. The molecule has 0 aliphatic heterocycles. The molecule has 0 aromatic carbocycles. The largest absolute Gasteiger partial charge is 0.449 e. The second-order valence-corrected chi connectivity index (χ2v) is 4.40. The Morgan fingerprint density at radius 2 is 2.16 bits per heavy atom. The summed E-state index contributed by atoms with van der Waals surface area (Å²) in [6.45, 7) is 3.12. The molecule has 1 amide bonds. The van der Waals surface area contributed by atoms with E-state index in [2.05, 4.69) is 10.3 Å². The van der Waals surface area contributed by atoms with Crippen LogP contribution in [-0.4, -0.2) is 23.0 Å². The van der Waals surface area contributed by atoms with Crippen LogP contribution in [0.1, 0.15) is 13.8 Å². The lowest BCUT2D eigenvalue weighted by Crippen LogP contribution is -2.29. The fourth-order valence-corrected chi connectivity index (χ4v) is 1.56. The number of hydrogen-bond donors (Lipinski definition) is 1. The van der Waals surface area contributed by atoms with E-state index >= 15 is 0 Å². The normalized spacial score (nSPS) is 12.2. The van der Waals surface area contributed by atoms with Gasteiger partial charge in [0.05, 0.1) is 10.0 Å². The van der Waals surface area contributed by atoms with Gasteiger partial charge in [0.15, 0.2) is 11.9 Å². The maximum absolute atomic E-state index is 11.7. The summed E-state index contributed by atoms with van der Waals surface area (Å²) >= 11 is 11.5. The number of carbonyl (C=O) groups is 2. The van der Waals surface area contributed by atoms with Gasteiger partial charge in [-0.3, -0.25) is 4.79 Å². The van der Waals surface area contributed by atoms with Crippen molar-refractivity contribution in [3.8, 4) is 0 Å². The lowest BCUT2D eigenvalue weighted by molar-refractivity contribution is -0.148. The van der Waals surface area contributed by atoms with E-state index in [-0.39, 0.29) is 10.8 Å². The van der Waals surface area contributed by atoms with E-state index in [0.717, 1.165) is 0 Å². The van der Waals surface area contributed by atoms with Crippen molar-refractivity contribution in [1.82, 2.24) is 4.98 Å². The Kier molecular flexibility index (Phi) is 5.79. The second kappa shape index (κ2) is 7.11. The molecule has 0 radical (unpaired) electrons. The van der Waals surface area contributed by atoms with Crippen LogP contribution in [-0.2, 0) is 14.3 Å². The van der Waals surface area contributed by atoms with Gasteiger partial charge in [0.2, 0.25) is 0 Å². The Balaban J connectivity index is 2.66. The Labute approximate surface area is 120 Å². The van der Waals surface area contributed by atoms with E-state index in [1.165, 1.54) is 31.3 Å². The molecule has 5 nitrogen and oxygen atoms in total. The van der Waals surface area contributed by atoms with Crippen LogP contribution >= 0.6 is 23.2 Å². The fourth-order valence-electron chi connectivity index (χ4n) is 1.13. The SMILES string of the molecule is C/C=C/C(=O)O[C@H](C)C(=O)Nc1ncc(Cl)cc1Cl. The highest BCUT2D eigenvalue weighted by Crippen LogP contribution is 2.22. The maximum atomic E-state index is 11.7. The molecular formula is C12H12Cl2N2O3. The topological polar surface area (TPSA) is 68.3 Å². The van der Waals surface area contributed by atoms with Crippen LogP contribution in [0.4, 0.5) is 5.82 Å². The van der Waals surface area contributed by atoms with Crippen molar-refractivity contribution in [3.63, 3.8) is 0 Å². The van der Waals surface area contributed by atoms with Gasteiger partial charge in [-0.2, -0.15) is 0 Å². The summed E-state index contributed by atoms with van der Waals surface area (Å²) in [6, 6.07) is 1.45. The van der Waals surface area contributed by atoms with Gasteiger partial charge in [-0.15, -0.1) is 0 Å². The molecule has 1 rings (SSSR count). The summed E-state index contributed by atoms with van der Waals surface area (Å²) in [5, 5.41) is 3.00. The number of anilines is 1. The number of pyridine rings is 1. The molecule has 0 fully saturated rings. The molecule has 102 valence electrons. The minimum absolute atomic E-state index is 0.157. The summed E-state index contributed by atoms with van der Waals surface area (Å²) in [4.78, 5) is 26.8. The number of amides is 1. The molecule has 1 heterocycles. The number of aromatic nitrogens is 1. The van der Waals surface area contributed by atoms with Crippen molar-refractivity contribution < 1.29 is 14.3 Å². The number of allylic oxidation sites excluding steroid dienone is 1. The lowest BCUT2D eigenvalue weighted by atomic mass is 10.3. The third-order valence-corrected chi connectivity index (χ3v) is 2.51. The first-order valence-corrected chi connectivity index (χ1v) is 6.15. The zero-order chi connectivity index (χ0) is 14.4. The standard InChI is InChI=1S/C12H12Cl2N2O3/c1-3-4-10(17)19-7(2)12(18)16-11-9(14)5-8(13)6-15-11/h3-7H,1-2H3,(H,15,16,18)/b4-3+/t7-/m1/s1. The van der Waals surface area contributed by atoms with Crippen LogP contribution in [0.15, 0.2) is 24.4 Å². The Bertz CT molecular complexity index is 518. The third-order valence-electron chi connectivity index (χ3n) is 2.01. The van der Waals surface area contributed by atoms with Gasteiger partial charge < -0.3 is 10.1 Å². The Morgan fingerprint density at radius 3 is 2.74 bits per heavy atom. The molecule has 1 atom stereocenters. The van der Waals surface area contributed by atoms with Gasteiger partial charge in [0.1, 0.15) is 0 Å². The van der Waals surface area contributed by atoms with E-state index in [1.54, 1.807) is 6.92 Å². The number of rotatable bonds is 4. The molecule has 1 N–H and O–H groups in total. The van der Waals surface area contributed by atoms with Crippen LogP contribution in [0.2, 0.25) is 10.0 Å². The van der Waals surface area contributed by atoms with Gasteiger partial charge in [-0.25, -0.2) is 9.78 Å². The lowest BCUT2D eigenvalue weighted by Gasteiger charge is -2.12. The average Bonchev–Trinajstić information content (AvgIpc) is 2.32. The summed E-state index contributed by atoms with van der Waals surface area (Å²) in [5.41, 5.74) is 0. The maximum Gasteiger partial charge on any atom is 0.331 e. The summed E-state index contributed by atoms with van der Waals surface area (Å²) < 4.78 is 4.85. The van der Waals surface area contributed by atoms with Crippen molar-refractivity contribution in [3.05, 3.63) is 34.5 Å².